The van der Waals surface area contributed by atoms with Gasteiger partial charge in [-0.3, -0.25) is 4.90 Å². The summed E-state index contributed by atoms with van der Waals surface area (Å²) in [6.45, 7) is 5.36. The SMILES string of the molecule is CC1CN(C)CCN1C(CO)c1cccc(Oc2ccccc2)c1. The van der Waals surface area contributed by atoms with Crippen LogP contribution in [-0.2, 0) is 0 Å². The van der Waals surface area contributed by atoms with Crippen LogP contribution in [0.3, 0.4) is 0 Å². The minimum atomic E-state index is 0.00743. The molecule has 2 unspecified atom stereocenters. The lowest BCUT2D eigenvalue weighted by Gasteiger charge is -2.42. The molecule has 2 aromatic carbocycles. The molecule has 1 heterocycles. The molecule has 0 amide bonds. The number of hydrogen-bond acceptors (Lipinski definition) is 4. The van der Waals surface area contributed by atoms with Gasteiger partial charge in [-0.1, -0.05) is 30.3 Å². The molecule has 2 atom stereocenters. The van der Waals surface area contributed by atoms with Gasteiger partial charge in [0.05, 0.1) is 12.6 Å². The Morgan fingerprint density at radius 2 is 1.83 bits per heavy atom. The quantitative estimate of drug-likeness (QED) is 0.916. The minimum Gasteiger partial charge on any atom is -0.457 e. The summed E-state index contributed by atoms with van der Waals surface area (Å²) in [6.07, 6.45) is 0. The highest BCUT2D eigenvalue weighted by molar-refractivity contribution is 5.35. The maximum absolute atomic E-state index is 10.00. The Labute approximate surface area is 144 Å². The van der Waals surface area contributed by atoms with Crippen molar-refractivity contribution in [2.24, 2.45) is 0 Å². The maximum atomic E-state index is 10.00. The highest BCUT2D eigenvalue weighted by atomic mass is 16.5. The van der Waals surface area contributed by atoms with E-state index in [1.54, 1.807) is 0 Å². The standard InChI is InChI=1S/C20H26N2O2/c1-16-14-21(2)11-12-22(16)20(15-23)17-7-6-10-19(13-17)24-18-8-4-3-5-9-18/h3-10,13,16,20,23H,11-12,14-15H2,1-2H3. The molecule has 128 valence electrons. The molecule has 0 spiro atoms. The number of hydrogen-bond donors (Lipinski definition) is 1. The van der Waals surface area contributed by atoms with Crippen molar-refractivity contribution in [1.82, 2.24) is 9.80 Å². The van der Waals surface area contributed by atoms with Crippen LogP contribution < -0.4 is 4.74 Å². The van der Waals surface area contributed by atoms with Crippen LogP contribution in [0.4, 0.5) is 0 Å². The van der Waals surface area contributed by atoms with Gasteiger partial charge in [-0.2, -0.15) is 0 Å². The number of aliphatic hydroxyl groups is 1. The van der Waals surface area contributed by atoms with E-state index in [2.05, 4.69) is 29.8 Å². The first-order valence-corrected chi connectivity index (χ1v) is 8.55. The van der Waals surface area contributed by atoms with E-state index in [-0.39, 0.29) is 12.6 Å². The molecule has 0 aromatic heterocycles. The zero-order valence-electron chi connectivity index (χ0n) is 14.4. The molecule has 0 aliphatic carbocycles. The molecule has 4 heteroatoms. The largest absolute Gasteiger partial charge is 0.457 e. The van der Waals surface area contributed by atoms with E-state index in [1.165, 1.54) is 0 Å². The summed E-state index contributed by atoms with van der Waals surface area (Å²) in [5.41, 5.74) is 1.10. The van der Waals surface area contributed by atoms with Crippen LogP contribution in [0.15, 0.2) is 54.6 Å². The van der Waals surface area contributed by atoms with E-state index in [4.69, 9.17) is 4.74 Å². The van der Waals surface area contributed by atoms with Crippen molar-refractivity contribution >= 4 is 0 Å². The summed E-state index contributed by atoms with van der Waals surface area (Å²) in [7, 11) is 2.15. The number of ether oxygens (including phenoxy) is 1. The van der Waals surface area contributed by atoms with Crippen molar-refractivity contribution in [2.75, 3.05) is 33.3 Å². The van der Waals surface area contributed by atoms with Crippen LogP contribution in [0.25, 0.3) is 0 Å². The Morgan fingerprint density at radius 3 is 2.54 bits per heavy atom. The molecular formula is C20H26N2O2. The first-order valence-electron chi connectivity index (χ1n) is 8.55. The Balaban J connectivity index is 1.78. The van der Waals surface area contributed by atoms with Gasteiger partial charge in [-0.15, -0.1) is 0 Å². The van der Waals surface area contributed by atoms with Crippen molar-refractivity contribution < 1.29 is 9.84 Å². The summed E-state index contributed by atoms with van der Waals surface area (Å²) in [5.74, 6) is 1.63. The van der Waals surface area contributed by atoms with Gasteiger partial charge in [0.25, 0.3) is 0 Å². The van der Waals surface area contributed by atoms with E-state index in [9.17, 15) is 5.11 Å². The minimum absolute atomic E-state index is 0.00743. The number of para-hydroxylation sites is 1. The van der Waals surface area contributed by atoms with E-state index < -0.39 is 0 Å². The monoisotopic (exact) mass is 326 g/mol. The summed E-state index contributed by atoms with van der Waals surface area (Å²) in [6, 6.07) is 18.3. The van der Waals surface area contributed by atoms with Crippen LogP contribution in [0, 0.1) is 0 Å². The number of nitrogens with zero attached hydrogens (tertiary/aromatic N) is 2. The van der Waals surface area contributed by atoms with Crippen LogP contribution in [-0.4, -0.2) is 54.2 Å². The fourth-order valence-corrected chi connectivity index (χ4v) is 3.43. The fraction of sp³-hybridized carbons (Fsp3) is 0.400. The summed E-state index contributed by atoms with van der Waals surface area (Å²) < 4.78 is 5.94. The van der Waals surface area contributed by atoms with Crippen LogP contribution in [0.5, 0.6) is 11.5 Å². The van der Waals surface area contributed by atoms with E-state index in [0.29, 0.717) is 6.04 Å². The Hall–Kier alpha value is -1.88. The lowest BCUT2D eigenvalue weighted by molar-refractivity contribution is 0.0341. The predicted molar refractivity (Wildman–Crippen MR) is 96.4 cm³/mol. The predicted octanol–water partition coefficient (Wildman–Crippen LogP) is 3.15. The summed E-state index contributed by atoms with van der Waals surface area (Å²) >= 11 is 0. The van der Waals surface area contributed by atoms with Crippen molar-refractivity contribution in [2.45, 2.75) is 19.0 Å². The highest BCUT2D eigenvalue weighted by Crippen LogP contribution is 2.29. The number of rotatable bonds is 5. The normalized spacial score (nSPS) is 20.7. The second-order valence-electron chi connectivity index (χ2n) is 6.54. The second-order valence-corrected chi connectivity index (χ2v) is 6.54. The zero-order valence-corrected chi connectivity index (χ0v) is 14.4. The summed E-state index contributed by atoms with van der Waals surface area (Å²) in [4.78, 5) is 4.73. The average molecular weight is 326 g/mol. The smallest absolute Gasteiger partial charge is 0.127 e. The zero-order chi connectivity index (χ0) is 16.9. The first-order chi connectivity index (χ1) is 11.7. The van der Waals surface area contributed by atoms with E-state index in [0.717, 1.165) is 36.7 Å². The molecule has 0 bridgehead atoms. The molecule has 2 aromatic rings. The molecule has 1 fully saturated rings. The van der Waals surface area contributed by atoms with Gasteiger partial charge in [0, 0.05) is 25.7 Å². The molecule has 24 heavy (non-hydrogen) atoms. The fourth-order valence-electron chi connectivity index (χ4n) is 3.43. The number of likely N-dealkylation sites (N-methyl/N-ethyl adjacent to an activating group) is 1. The van der Waals surface area contributed by atoms with Crippen molar-refractivity contribution in [1.29, 1.82) is 0 Å². The Bertz CT molecular complexity index is 647. The molecule has 1 saturated heterocycles. The second kappa shape index (κ2) is 7.79. The number of benzene rings is 2. The molecule has 0 saturated carbocycles. The van der Waals surface area contributed by atoms with Gasteiger partial charge in [-0.05, 0) is 43.8 Å². The molecule has 4 nitrogen and oxygen atoms in total. The topological polar surface area (TPSA) is 35.9 Å². The molecule has 1 aliphatic rings. The van der Waals surface area contributed by atoms with Crippen LogP contribution >= 0.6 is 0 Å². The van der Waals surface area contributed by atoms with E-state index in [1.807, 2.05) is 48.5 Å². The first kappa shape index (κ1) is 17.0. The number of aliphatic hydroxyl groups excluding tert-OH is 1. The average Bonchev–Trinajstić information content (AvgIpc) is 2.59. The van der Waals surface area contributed by atoms with Gasteiger partial charge >= 0.3 is 0 Å². The van der Waals surface area contributed by atoms with Gasteiger partial charge in [-0.25, -0.2) is 0 Å². The molecule has 1 N–H and O–H groups in total. The van der Waals surface area contributed by atoms with Crippen LogP contribution in [0.2, 0.25) is 0 Å². The van der Waals surface area contributed by atoms with Gasteiger partial charge in [0.1, 0.15) is 11.5 Å². The third kappa shape index (κ3) is 3.96. The lowest BCUT2D eigenvalue weighted by atomic mass is 10.0. The van der Waals surface area contributed by atoms with Crippen molar-refractivity contribution in [3.05, 3.63) is 60.2 Å². The Kier molecular flexibility index (Phi) is 5.51. The van der Waals surface area contributed by atoms with Crippen LogP contribution in [0.1, 0.15) is 18.5 Å². The Morgan fingerprint density at radius 1 is 1.08 bits per heavy atom. The van der Waals surface area contributed by atoms with Gasteiger partial charge in [0.2, 0.25) is 0 Å². The lowest BCUT2D eigenvalue weighted by Crippen LogP contribution is -2.52. The van der Waals surface area contributed by atoms with Crippen molar-refractivity contribution in [3.8, 4) is 11.5 Å². The van der Waals surface area contributed by atoms with Gasteiger partial charge < -0.3 is 14.7 Å². The van der Waals surface area contributed by atoms with Crippen molar-refractivity contribution in [3.63, 3.8) is 0 Å². The number of piperazine rings is 1. The molecule has 3 rings (SSSR count). The molecule has 1 aliphatic heterocycles. The molecular weight excluding hydrogens is 300 g/mol. The third-order valence-corrected chi connectivity index (χ3v) is 4.68. The van der Waals surface area contributed by atoms with Gasteiger partial charge in [0.15, 0.2) is 0 Å². The maximum Gasteiger partial charge on any atom is 0.127 e. The molecule has 0 radical (unpaired) electrons. The third-order valence-electron chi connectivity index (χ3n) is 4.68. The highest BCUT2D eigenvalue weighted by Gasteiger charge is 2.28. The van der Waals surface area contributed by atoms with E-state index >= 15 is 0 Å². The summed E-state index contributed by atoms with van der Waals surface area (Å²) in [5, 5.41) is 10.00.